The average molecular weight is 410 g/mol. The van der Waals surface area contributed by atoms with E-state index in [1.54, 1.807) is 0 Å². The molecule has 0 aliphatic heterocycles. The number of hydrogen-bond acceptors (Lipinski definition) is 1. The van der Waals surface area contributed by atoms with E-state index in [9.17, 15) is 0 Å². The molecule has 126 valence electrons. The van der Waals surface area contributed by atoms with Gasteiger partial charge in [-0.2, -0.15) is 0 Å². The Kier molecular flexibility index (Phi) is 4.53. The number of H-pyrrole nitrogens is 1. The van der Waals surface area contributed by atoms with Gasteiger partial charge in [0.25, 0.3) is 0 Å². The van der Waals surface area contributed by atoms with Gasteiger partial charge in [0.2, 0.25) is 0 Å². The van der Waals surface area contributed by atoms with Gasteiger partial charge < -0.3 is 4.98 Å². The zero-order valence-corrected chi connectivity index (χ0v) is 16.7. The maximum Gasteiger partial charge on any atom is 0.0459 e. The van der Waals surface area contributed by atoms with Crippen molar-refractivity contribution in [1.82, 2.24) is 4.98 Å². The summed E-state index contributed by atoms with van der Waals surface area (Å²) in [4.78, 5) is 6.42. The molecule has 0 aliphatic carbocycles. The fourth-order valence-electron chi connectivity index (χ4n) is 3.57. The first-order valence-corrected chi connectivity index (χ1v) is 10.2. The lowest BCUT2D eigenvalue weighted by Gasteiger charge is -2.18. The molecule has 0 radical (unpaired) electrons. The highest BCUT2D eigenvalue weighted by Crippen LogP contribution is 2.41. The van der Waals surface area contributed by atoms with Gasteiger partial charge >= 0.3 is 0 Å². The third kappa shape index (κ3) is 3.07. The first-order chi connectivity index (χ1) is 12.2. The molecule has 2 heterocycles. The summed E-state index contributed by atoms with van der Waals surface area (Å²) in [6, 6.07) is 21.9. The molecule has 0 saturated heterocycles. The monoisotopic (exact) mass is 409 g/mol. The topological polar surface area (TPSA) is 15.8 Å². The van der Waals surface area contributed by atoms with Gasteiger partial charge in [-0.15, -0.1) is 11.3 Å². The maximum atomic E-state index is 3.65. The minimum atomic E-state index is 0.249. The molecule has 0 saturated carbocycles. The Morgan fingerprint density at radius 1 is 1.04 bits per heavy atom. The van der Waals surface area contributed by atoms with E-state index in [1.165, 1.54) is 37.5 Å². The molecule has 0 aliphatic rings. The number of hydrogen-bond donors (Lipinski definition) is 1. The van der Waals surface area contributed by atoms with E-state index in [0.29, 0.717) is 0 Å². The van der Waals surface area contributed by atoms with Gasteiger partial charge in [-0.3, -0.25) is 0 Å². The summed E-state index contributed by atoms with van der Waals surface area (Å²) in [7, 11) is 0. The number of para-hydroxylation sites is 1. The van der Waals surface area contributed by atoms with Gasteiger partial charge in [-0.05, 0) is 54.8 Å². The Balaban J connectivity index is 1.98. The summed E-state index contributed by atoms with van der Waals surface area (Å²) >= 11 is 5.58. The Hall–Kier alpha value is -1.84. The van der Waals surface area contributed by atoms with Gasteiger partial charge in [-0.1, -0.05) is 53.2 Å². The zero-order chi connectivity index (χ0) is 17.4. The molecule has 4 rings (SSSR count). The number of aromatic nitrogens is 1. The van der Waals surface area contributed by atoms with Crippen LogP contribution >= 0.6 is 27.3 Å². The molecule has 0 bridgehead atoms. The maximum absolute atomic E-state index is 3.65. The normalized spacial score (nSPS) is 12.6. The standard InChI is InChI=1S/C22H20BrNS/c1-3-17-11-12-20(25-17)22(15-7-6-8-16(23)13-15)21-14(2)24-19-10-5-4-9-18(19)21/h4-13,22,24H,3H2,1-2H3. The van der Waals surface area contributed by atoms with Crippen LogP contribution in [0.4, 0.5) is 0 Å². The van der Waals surface area contributed by atoms with Crippen molar-refractivity contribution in [3.8, 4) is 0 Å². The van der Waals surface area contributed by atoms with Crippen molar-refractivity contribution in [2.24, 2.45) is 0 Å². The fourth-order valence-corrected chi connectivity index (χ4v) is 5.08. The second-order valence-electron chi connectivity index (χ2n) is 6.35. The van der Waals surface area contributed by atoms with Crippen LogP contribution in [0.5, 0.6) is 0 Å². The van der Waals surface area contributed by atoms with Crippen LogP contribution in [0.25, 0.3) is 10.9 Å². The van der Waals surface area contributed by atoms with Crippen LogP contribution in [0.2, 0.25) is 0 Å². The number of halogens is 1. The number of thiophene rings is 1. The lowest BCUT2D eigenvalue weighted by atomic mass is 9.88. The van der Waals surface area contributed by atoms with E-state index in [1.807, 2.05) is 11.3 Å². The third-order valence-corrected chi connectivity index (χ3v) is 6.52. The van der Waals surface area contributed by atoms with Gasteiger partial charge in [-0.25, -0.2) is 0 Å². The number of benzene rings is 2. The number of fused-ring (bicyclic) bond motifs is 1. The quantitative estimate of drug-likeness (QED) is 0.371. The molecular formula is C22H20BrNS. The summed E-state index contributed by atoms with van der Waals surface area (Å²) in [5.41, 5.74) is 5.17. The van der Waals surface area contributed by atoms with Crippen molar-refractivity contribution in [2.75, 3.05) is 0 Å². The largest absolute Gasteiger partial charge is 0.358 e. The molecule has 2 aromatic heterocycles. The Bertz CT molecular complexity index is 1030. The molecular weight excluding hydrogens is 390 g/mol. The highest BCUT2D eigenvalue weighted by Gasteiger charge is 2.24. The lowest BCUT2D eigenvalue weighted by molar-refractivity contribution is 0.993. The minimum absolute atomic E-state index is 0.249. The highest BCUT2D eigenvalue weighted by atomic mass is 79.9. The van der Waals surface area contributed by atoms with Crippen molar-refractivity contribution in [3.63, 3.8) is 0 Å². The SMILES string of the molecule is CCc1ccc(C(c2cccc(Br)c2)c2c(C)[nH]c3ccccc23)s1. The number of nitrogens with one attached hydrogen (secondary N) is 1. The number of aromatic amines is 1. The zero-order valence-electron chi connectivity index (χ0n) is 14.3. The van der Waals surface area contributed by atoms with Crippen LogP contribution in [-0.2, 0) is 6.42 Å². The third-order valence-electron chi connectivity index (χ3n) is 4.73. The van der Waals surface area contributed by atoms with Gasteiger partial charge in [0.05, 0.1) is 0 Å². The molecule has 4 aromatic rings. The first kappa shape index (κ1) is 16.6. The predicted molar refractivity (Wildman–Crippen MR) is 112 cm³/mol. The summed E-state index contributed by atoms with van der Waals surface area (Å²) in [5, 5.41) is 1.32. The molecule has 2 aromatic carbocycles. The summed E-state index contributed by atoms with van der Waals surface area (Å²) in [5.74, 6) is 0.249. The van der Waals surface area contributed by atoms with Crippen LogP contribution in [0.15, 0.2) is 65.1 Å². The Morgan fingerprint density at radius 2 is 1.88 bits per heavy atom. The molecule has 0 amide bonds. The number of rotatable bonds is 4. The molecule has 3 heteroatoms. The first-order valence-electron chi connectivity index (χ1n) is 8.58. The molecule has 0 fully saturated rings. The molecule has 1 N–H and O–H groups in total. The van der Waals surface area contributed by atoms with Gasteiger partial charge in [0.15, 0.2) is 0 Å². The smallest absolute Gasteiger partial charge is 0.0459 e. The van der Waals surface area contributed by atoms with Gasteiger partial charge in [0.1, 0.15) is 0 Å². The predicted octanol–water partition coefficient (Wildman–Crippen LogP) is 7.04. The van der Waals surface area contributed by atoms with E-state index in [-0.39, 0.29) is 5.92 Å². The second-order valence-corrected chi connectivity index (χ2v) is 8.47. The van der Waals surface area contributed by atoms with E-state index >= 15 is 0 Å². The van der Waals surface area contributed by atoms with E-state index in [0.717, 1.165) is 10.9 Å². The summed E-state index contributed by atoms with van der Waals surface area (Å²) in [6.07, 6.45) is 1.09. The van der Waals surface area contributed by atoms with Crippen molar-refractivity contribution in [1.29, 1.82) is 0 Å². The number of aryl methyl sites for hydroxylation is 2. The molecule has 1 nitrogen and oxygen atoms in total. The summed E-state index contributed by atoms with van der Waals surface area (Å²) in [6.45, 7) is 4.41. The van der Waals surface area contributed by atoms with E-state index < -0.39 is 0 Å². The van der Waals surface area contributed by atoms with E-state index in [2.05, 4.69) is 95.4 Å². The van der Waals surface area contributed by atoms with Crippen molar-refractivity contribution in [2.45, 2.75) is 26.2 Å². The van der Waals surface area contributed by atoms with Crippen LogP contribution in [0.3, 0.4) is 0 Å². The van der Waals surface area contributed by atoms with Crippen molar-refractivity contribution >= 4 is 38.2 Å². The molecule has 1 atom stereocenters. The molecule has 0 spiro atoms. The fraction of sp³-hybridized carbons (Fsp3) is 0.182. The lowest BCUT2D eigenvalue weighted by Crippen LogP contribution is -2.02. The van der Waals surface area contributed by atoms with Crippen LogP contribution in [0.1, 0.15) is 39.4 Å². The molecule has 1 unspecified atom stereocenters. The van der Waals surface area contributed by atoms with Crippen molar-refractivity contribution < 1.29 is 0 Å². The van der Waals surface area contributed by atoms with Crippen LogP contribution in [-0.4, -0.2) is 4.98 Å². The van der Waals surface area contributed by atoms with Gasteiger partial charge in [0, 0.05) is 36.7 Å². The second kappa shape index (κ2) is 6.81. The Labute approximate surface area is 160 Å². The molecule has 25 heavy (non-hydrogen) atoms. The average Bonchev–Trinajstić information content (AvgIpc) is 3.21. The van der Waals surface area contributed by atoms with Crippen molar-refractivity contribution in [3.05, 3.63) is 91.7 Å². The Morgan fingerprint density at radius 3 is 2.64 bits per heavy atom. The highest BCUT2D eigenvalue weighted by molar-refractivity contribution is 9.10. The van der Waals surface area contributed by atoms with Crippen LogP contribution < -0.4 is 0 Å². The summed E-state index contributed by atoms with van der Waals surface area (Å²) < 4.78 is 1.12. The van der Waals surface area contributed by atoms with E-state index in [4.69, 9.17) is 0 Å². The van der Waals surface area contributed by atoms with Crippen LogP contribution in [0, 0.1) is 6.92 Å². The minimum Gasteiger partial charge on any atom is -0.358 e.